The molecule has 2 fully saturated rings. The Hall–Kier alpha value is -0.280. The molecule has 17 heavy (non-hydrogen) atoms. The van der Waals surface area contributed by atoms with Gasteiger partial charge in [0.1, 0.15) is 0 Å². The van der Waals surface area contributed by atoms with Crippen molar-refractivity contribution >= 4 is 17.5 Å². The molecule has 1 aliphatic carbocycles. The Bertz CT molecular complexity index is 252. The summed E-state index contributed by atoms with van der Waals surface area (Å²) in [6.07, 6.45) is 7.16. The van der Waals surface area contributed by atoms with Crippen LogP contribution in [0.25, 0.3) is 0 Å². The molecule has 4 heteroatoms. The van der Waals surface area contributed by atoms with Crippen molar-refractivity contribution in [1.29, 1.82) is 0 Å². The molecule has 1 heterocycles. The summed E-state index contributed by atoms with van der Waals surface area (Å²) < 4.78 is 5.49. The number of carbonyl (C=O) groups excluding carboxylic acids is 1. The number of rotatable bonds is 2. The van der Waals surface area contributed by atoms with Gasteiger partial charge in [-0.05, 0) is 12.8 Å². The van der Waals surface area contributed by atoms with Gasteiger partial charge in [0.2, 0.25) is 5.91 Å². The van der Waals surface area contributed by atoms with E-state index >= 15 is 0 Å². The molecule has 1 unspecified atom stereocenters. The minimum atomic E-state index is 0.0279. The Morgan fingerprint density at radius 2 is 1.94 bits per heavy atom. The Balaban J connectivity index is 1.89. The van der Waals surface area contributed by atoms with E-state index in [1.165, 1.54) is 25.7 Å². The van der Waals surface area contributed by atoms with Gasteiger partial charge in [0.25, 0.3) is 0 Å². The zero-order valence-electron chi connectivity index (χ0n) is 10.4. The maximum Gasteiger partial charge on any atom is 0.225 e. The highest BCUT2D eigenvalue weighted by Crippen LogP contribution is 2.25. The fraction of sp³-hybridized carbons (Fsp3) is 0.923. The number of nitrogens with zero attached hydrogens (tertiary/aromatic N) is 1. The number of hydrogen-bond donors (Lipinski definition) is 0. The molecule has 0 aromatic rings. The molecular weight excluding hydrogens is 238 g/mol. The SMILES string of the molecule is O=C(C1CCCCCC1)N1CCOC(CCl)C1. The fourth-order valence-corrected chi connectivity index (χ4v) is 2.98. The van der Waals surface area contributed by atoms with Gasteiger partial charge in [0, 0.05) is 19.0 Å². The van der Waals surface area contributed by atoms with Gasteiger partial charge in [-0.25, -0.2) is 0 Å². The highest BCUT2D eigenvalue weighted by atomic mass is 35.5. The Morgan fingerprint density at radius 3 is 2.59 bits per heavy atom. The Kier molecular flexibility index (Phi) is 5.11. The lowest BCUT2D eigenvalue weighted by Gasteiger charge is -2.34. The van der Waals surface area contributed by atoms with Gasteiger partial charge < -0.3 is 9.64 Å². The van der Waals surface area contributed by atoms with Gasteiger partial charge >= 0.3 is 0 Å². The van der Waals surface area contributed by atoms with Crippen molar-refractivity contribution in [3.63, 3.8) is 0 Å². The van der Waals surface area contributed by atoms with E-state index in [1.807, 2.05) is 4.90 Å². The van der Waals surface area contributed by atoms with Crippen LogP contribution in [0.5, 0.6) is 0 Å². The standard InChI is InChI=1S/C13H22ClNO2/c14-9-12-10-15(7-8-17-12)13(16)11-5-3-1-2-4-6-11/h11-12H,1-10H2. The summed E-state index contributed by atoms with van der Waals surface area (Å²) in [5.74, 6) is 1.07. The molecule has 0 N–H and O–H groups in total. The molecule has 0 aromatic carbocycles. The Morgan fingerprint density at radius 1 is 1.24 bits per heavy atom. The minimum Gasteiger partial charge on any atom is -0.373 e. The molecule has 0 spiro atoms. The van der Waals surface area contributed by atoms with E-state index in [0.717, 1.165) is 19.4 Å². The summed E-state index contributed by atoms with van der Waals surface area (Å²) in [4.78, 5) is 14.4. The summed E-state index contributed by atoms with van der Waals surface area (Å²) in [6, 6.07) is 0. The molecule has 1 aliphatic heterocycles. The van der Waals surface area contributed by atoms with Crippen LogP contribution in [0.4, 0.5) is 0 Å². The average molecular weight is 260 g/mol. The second-order valence-corrected chi connectivity index (χ2v) is 5.43. The summed E-state index contributed by atoms with van der Waals surface area (Å²) in [7, 11) is 0. The summed E-state index contributed by atoms with van der Waals surface area (Å²) in [5, 5.41) is 0. The summed E-state index contributed by atoms with van der Waals surface area (Å²) in [5.41, 5.74) is 0. The number of morpholine rings is 1. The monoisotopic (exact) mass is 259 g/mol. The zero-order chi connectivity index (χ0) is 12.1. The first-order chi connectivity index (χ1) is 8.31. The lowest BCUT2D eigenvalue weighted by molar-refractivity contribution is -0.142. The van der Waals surface area contributed by atoms with Crippen LogP contribution in [-0.4, -0.2) is 42.5 Å². The molecule has 2 aliphatic rings. The predicted octanol–water partition coefficient (Wildman–Crippen LogP) is 2.42. The number of hydrogen-bond acceptors (Lipinski definition) is 2. The van der Waals surface area contributed by atoms with Crippen LogP contribution >= 0.6 is 11.6 Å². The lowest BCUT2D eigenvalue weighted by Crippen LogP contribution is -2.48. The van der Waals surface area contributed by atoms with Crippen molar-refractivity contribution in [2.24, 2.45) is 5.92 Å². The molecule has 2 rings (SSSR count). The highest BCUT2D eigenvalue weighted by Gasteiger charge is 2.29. The van der Waals surface area contributed by atoms with Crippen LogP contribution in [0.2, 0.25) is 0 Å². The molecule has 0 aromatic heterocycles. The van der Waals surface area contributed by atoms with E-state index in [2.05, 4.69) is 0 Å². The molecule has 1 atom stereocenters. The van der Waals surface area contributed by atoms with E-state index in [1.54, 1.807) is 0 Å². The van der Waals surface area contributed by atoms with Crippen molar-refractivity contribution in [2.45, 2.75) is 44.6 Å². The van der Waals surface area contributed by atoms with E-state index in [-0.39, 0.29) is 12.0 Å². The third kappa shape index (κ3) is 3.59. The zero-order valence-corrected chi connectivity index (χ0v) is 11.1. The second kappa shape index (κ2) is 6.60. The lowest BCUT2D eigenvalue weighted by atomic mass is 9.98. The van der Waals surface area contributed by atoms with Crippen LogP contribution in [0.15, 0.2) is 0 Å². The fourth-order valence-electron chi connectivity index (χ4n) is 2.80. The van der Waals surface area contributed by atoms with Crippen LogP contribution in [-0.2, 0) is 9.53 Å². The van der Waals surface area contributed by atoms with E-state index < -0.39 is 0 Å². The Labute approximate surface area is 108 Å². The van der Waals surface area contributed by atoms with Crippen molar-refractivity contribution in [3.05, 3.63) is 0 Å². The summed E-state index contributed by atoms with van der Waals surface area (Å²) >= 11 is 5.80. The molecule has 0 radical (unpaired) electrons. The topological polar surface area (TPSA) is 29.5 Å². The third-order valence-corrected chi connectivity index (χ3v) is 4.17. The number of halogens is 1. The predicted molar refractivity (Wildman–Crippen MR) is 68.2 cm³/mol. The van der Waals surface area contributed by atoms with Gasteiger partial charge in [-0.2, -0.15) is 0 Å². The van der Waals surface area contributed by atoms with Crippen molar-refractivity contribution in [3.8, 4) is 0 Å². The van der Waals surface area contributed by atoms with Crippen LogP contribution in [0, 0.1) is 5.92 Å². The molecule has 1 amide bonds. The molecule has 1 saturated heterocycles. The van der Waals surface area contributed by atoms with E-state index in [0.29, 0.717) is 24.9 Å². The molecular formula is C13H22ClNO2. The normalized spacial score (nSPS) is 27.8. The van der Waals surface area contributed by atoms with Gasteiger partial charge in [0.15, 0.2) is 0 Å². The van der Waals surface area contributed by atoms with E-state index in [4.69, 9.17) is 16.3 Å². The van der Waals surface area contributed by atoms with Crippen LogP contribution in [0.3, 0.4) is 0 Å². The van der Waals surface area contributed by atoms with Gasteiger partial charge in [0.05, 0.1) is 18.6 Å². The van der Waals surface area contributed by atoms with E-state index in [9.17, 15) is 4.79 Å². The number of ether oxygens (including phenoxy) is 1. The quantitative estimate of drug-likeness (QED) is 0.563. The van der Waals surface area contributed by atoms with Crippen LogP contribution in [0.1, 0.15) is 38.5 Å². The maximum absolute atomic E-state index is 12.4. The van der Waals surface area contributed by atoms with Crippen molar-refractivity contribution in [2.75, 3.05) is 25.6 Å². The van der Waals surface area contributed by atoms with Gasteiger partial charge in [-0.1, -0.05) is 25.7 Å². The number of carbonyl (C=O) groups is 1. The van der Waals surface area contributed by atoms with Gasteiger partial charge in [-0.15, -0.1) is 11.6 Å². The highest BCUT2D eigenvalue weighted by molar-refractivity contribution is 6.18. The maximum atomic E-state index is 12.4. The molecule has 98 valence electrons. The molecule has 0 bridgehead atoms. The minimum absolute atomic E-state index is 0.0279. The average Bonchev–Trinajstić information content (AvgIpc) is 2.67. The molecule has 1 saturated carbocycles. The first-order valence-corrected chi connectivity index (χ1v) is 7.31. The van der Waals surface area contributed by atoms with Gasteiger partial charge in [-0.3, -0.25) is 4.79 Å². The third-order valence-electron chi connectivity index (χ3n) is 3.83. The number of amides is 1. The largest absolute Gasteiger partial charge is 0.373 e. The van der Waals surface area contributed by atoms with Crippen LogP contribution < -0.4 is 0 Å². The number of alkyl halides is 1. The first kappa shape index (κ1) is 13.2. The smallest absolute Gasteiger partial charge is 0.225 e. The van der Waals surface area contributed by atoms with Crippen molar-refractivity contribution in [1.82, 2.24) is 4.90 Å². The second-order valence-electron chi connectivity index (χ2n) is 5.12. The first-order valence-electron chi connectivity index (χ1n) is 6.77. The summed E-state index contributed by atoms with van der Waals surface area (Å²) in [6.45, 7) is 2.05. The molecule has 3 nitrogen and oxygen atoms in total. The van der Waals surface area contributed by atoms with Crippen molar-refractivity contribution < 1.29 is 9.53 Å².